The fraction of sp³-hybridized carbons (Fsp3) is 0.364. The van der Waals surface area contributed by atoms with Crippen molar-refractivity contribution in [3.63, 3.8) is 0 Å². The molecule has 2 atom stereocenters. The van der Waals surface area contributed by atoms with Gasteiger partial charge in [0.1, 0.15) is 13.2 Å². The minimum absolute atomic E-state index is 0.182. The molecule has 2 aromatic carbocycles. The van der Waals surface area contributed by atoms with Crippen LogP contribution < -0.4 is 0 Å². The molecular formula is C22H24N2O4. The van der Waals surface area contributed by atoms with Crippen LogP contribution in [-0.4, -0.2) is 34.0 Å². The van der Waals surface area contributed by atoms with Crippen LogP contribution in [0.2, 0.25) is 0 Å². The fourth-order valence-electron chi connectivity index (χ4n) is 3.87. The van der Waals surface area contributed by atoms with E-state index in [1.165, 1.54) is 10.1 Å². The summed E-state index contributed by atoms with van der Waals surface area (Å²) >= 11 is 0. The van der Waals surface area contributed by atoms with Crippen molar-refractivity contribution in [2.45, 2.75) is 51.0 Å². The number of nitrogens with zero attached hydrogens (tertiary/aromatic N) is 2. The first-order valence-electron chi connectivity index (χ1n) is 9.74. The van der Waals surface area contributed by atoms with E-state index in [1.54, 1.807) is 0 Å². The molecule has 0 radical (unpaired) electrons. The van der Waals surface area contributed by atoms with E-state index < -0.39 is 11.8 Å². The molecule has 0 bridgehead atoms. The number of carbonyl (C=O) groups is 2. The lowest BCUT2D eigenvalue weighted by molar-refractivity contribution is -0.270. The van der Waals surface area contributed by atoms with Gasteiger partial charge in [0.05, 0.1) is 12.1 Å². The fourth-order valence-corrected chi connectivity index (χ4v) is 3.87. The van der Waals surface area contributed by atoms with Crippen LogP contribution in [0.1, 0.15) is 36.8 Å². The molecule has 1 saturated carbocycles. The van der Waals surface area contributed by atoms with E-state index in [-0.39, 0.29) is 25.3 Å². The quantitative estimate of drug-likeness (QED) is 0.722. The van der Waals surface area contributed by atoms with Gasteiger partial charge in [-0.3, -0.25) is 19.3 Å². The maximum Gasteiger partial charge on any atom is 0.338 e. The van der Waals surface area contributed by atoms with E-state index in [2.05, 4.69) is 0 Å². The Kier molecular flexibility index (Phi) is 5.69. The molecule has 6 heteroatoms. The van der Waals surface area contributed by atoms with Crippen molar-refractivity contribution in [2.24, 2.45) is 0 Å². The smallest absolute Gasteiger partial charge is 0.265 e. The zero-order valence-electron chi connectivity index (χ0n) is 15.7. The maximum atomic E-state index is 12.8. The molecule has 2 amide bonds. The number of hydrogen-bond donors (Lipinski definition) is 0. The third-order valence-corrected chi connectivity index (χ3v) is 5.31. The summed E-state index contributed by atoms with van der Waals surface area (Å²) in [5, 5.41) is 2.59. The molecule has 2 fully saturated rings. The molecule has 1 aliphatic carbocycles. The molecule has 0 N–H and O–H groups in total. The second kappa shape index (κ2) is 8.54. The number of hydroxylamine groups is 4. The molecule has 6 nitrogen and oxygen atoms in total. The Bertz CT molecular complexity index is 742. The van der Waals surface area contributed by atoms with E-state index in [9.17, 15) is 9.59 Å². The lowest BCUT2D eigenvalue weighted by atomic mass is 9.88. The van der Waals surface area contributed by atoms with Crippen LogP contribution in [0, 0.1) is 0 Å². The Morgan fingerprint density at radius 2 is 1.07 bits per heavy atom. The minimum Gasteiger partial charge on any atom is -0.265 e. The van der Waals surface area contributed by atoms with E-state index >= 15 is 0 Å². The average molecular weight is 380 g/mol. The summed E-state index contributed by atoms with van der Waals surface area (Å²) in [6, 6.07) is 18.9. The zero-order valence-corrected chi connectivity index (χ0v) is 15.7. The largest absolute Gasteiger partial charge is 0.338 e. The van der Waals surface area contributed by atoms with Gasteiger partial charge < -0.3 is 0 Å². The molecule has 0 aromatic heterocycles. The van der Waals surface area contributed by atoms with Gasteiger partial charge in [-0.05, 0) is 24.0 Å². The van der Waals surface area contributed by atoms with Gasteiger partial charge in [-0.1, -0.05) is 73.5 Å². The molecular weight excluding hydrogens is 356 g/mol. The second-order valence-corrected chi connectivity index (χ2v) is 7.20. The molecule has 2 aliphatic rings. The Labute approximate surface area is 164 Å². The Hall–Kier alpha value is -2.70. The minimum atomic E-state index is -0.660. The zero-order chi connectivity index (χ0) is 19.3. The predicted molar refractivity (Wildman–Crippen MR) is 102 cm³/mol. The van der Waals surface area contributed by atoms with E-state index in [0.717, 1.165) is 36.8 Å². The van der Waals surface area contributed by atoms with Crippen molar-refractivity contribution in [1.82, 2.24) is 10.1 Å². The van der Waals surface area contributed by atoms with Crippen LogP contribution in [0.25, 0.3) is 0 Å². The van der Waals surface area contributed by atoms with Crippen LogP contribution in [0.3, 0.4) is 0 Å². The third kappa shape index (κ3) is 3.93. The number of carbonyl (C=O) groups excluding carboxylic acids is 2. The molecule has 1 heterocycles. The highest BCUT2D eigenvalue weighted by atomic mass is 16.7. The van der Waals surface area contributed by atoms with Crippen LogP contribution in [0.4, 0.5) is 0 Å². The molecule has 2 aromatic rings. The molecule has 0 spiro atoms. The third-order valence-electron chi connectivity index (χ3n) is 5.31. The van der Waals surface area contributed by atoms with Crippen LogP contribution in [-0.2, 0) is 32.5 Å². The van der Waals surface area contributed by atoms with Gasteiger partial charge >= 0.3 is 11.8 Å². The molecule has 0 unspecified atom stereocenters. The average Bonchev–Trinajstić information content (AvgIpc) is 2.75. The van der Waals surface area contributed by atoms with Crippen molar-refractivity contribution in [1.29, 1.82) is 0 Å². The number of rotatable bonds is 6. The van der Waals surface area contributed by atoms with Crippen molar-refractivity contribution < 1.29 is 19.3 Å². The SMILES string of the molecule is O=C1C(=O)N(OCc2ccccc2)[C@H]2CCCC[C@@H]2N1OCc1ccccc1. The van der Waals surface area contributed by atoms with Crippen LogP contribution >= 0.6 is 0 Å². The Morgan fingerprint density at radius 3 is 1.46 bits per heavy atom. The van der Waals surface area contributed by atoms with Crippen molar-refractivity contribution in [3.05, 3.63) is 71.8 Å². The predicted octanol–water partition coefficient (Wildman–Crippen LogP) is 3.23. The standard InChI is InChI=1S/C22H24N2O4/c25-21-22(26)24(28-16-18-11-5-2-6-12-18)20-14-8-7-13-19(20)23(21)27-15-17-9-3-1-4-10-17/h1-6,9-12,19-20H,7-8,13-16H2/t19-,20-/m0/s1. The van der Waals surface area contributed by atoms with E-state index in [4.69, 9.17) is 9.68 Å². The highest BCUT2D eigenvalue weighted by Crippen LogP contribution is 2.32. The van der Waals surface area contributed by atoms with Gasteiger partial charge in [-0.15, -0.1) is 0 Å². The second-order valence-electron chi connectivity index (χ2n) is 7.20. The number of amides is 2. The highest BCUT2D eigenvalue weighted by Gasteiger charge is 2.48. The summed E-state index contributed by atoms with van der Waals surface area (Å²) in [6.07, 6.45) is 3.59. The van der Waals surface area contributed by atoms with Gasteiger partial charge in [0.15, 0.2) is 0 Å². The summed E-state index contributed by atoms with van der Waals surface area (Å²) in [7, 11) is 0. The maximum absolute atomic E-state index is 12.8. The first-order chi connectivity index (χ1) is 13.7. The summed E-state index contributed by atoms with van der Waals surface area (Å²) in [4.78, 5) is 37.1. The Morgan fingerprint density at radius 1 is 0.679 bits per heavy atom. The molecule has 146 valence electrons. The number of fused-ring (bicyclic) bond motifs is 1. The Balaban J connectivity index is 1.47. The van der Waals surface area contributed by atoms with Gasteiger partial charge in [0.2, 0.25) is 0 Å². The molecule has 1 aliphatic heterocycles. The first kappa shape index (κ1) is 18.7. The summed E-state index contributed by atoms with van der Waals surface area (Å²) in [6.45, 7) is 0.516. The van der Waals surface area contributed by atoms with Crippen molar-refractivity contribution >= 4 is 11.8 Å². The van der Waals surface area contributed by atoms with E-state index in [0.29, 0.717) is 0 Å². The van der Waals surface area contributed by atoms with Gasteiger partial charge in [0.25, 0.3) is 0 Å². The highest BCUT2D eigenvalue weighted by molar-refractivity contribution is 6.35. The van der Waals surface area contributed by atoms with Gasteiger partial charge in [-0.25, -0.2) is 10.1 Å². The first-order valence-corrected chi connectivity index (χ1v) is 9.74. The van der Waals surface area contributed by atoms with Crippen molar-refractivity contribution in [2.75, 3.05) is 0 Å². The van der Waals surface area contributed by atoms with E-state index in [1.807, 2.05) is 60.7 Å². The topological polar surface area (TPSA) is 59.1 Å². The van der Waals surface area contributed by atoms with Gasteiger partial charge in [-0.2, -0.15) is 0 Å². The number of benzene rings is 2. The molecule has 4 rings (SSSR count). The lowest BCUT2D eigenvalue weighted by Crippen LogP contribution is -2.65. The lowest BCUT2D eigenvalue weighted by Gasteiger charge is -2.46. The normalized spacial score (nSPS) is 22.3. The molecule has 28 heavy (non-hydrogen) atoms. The number of piperazine rings is 1. The van der Waals surface area contributed by atoms with Crippen LogP contribution in [0.5, 0.6) is 0 Å². The van der Waals surface area contributed by atoms with Crippen LogP contribution in [0.15, 0.2) is 60.7 Å². The van der Waals surface area contributed by atoms with Gasteiger partial charge in [0, 0.05) is 0 Å². The monoisotopic (exact) mass is 380 g/mol. The number of hydrogen-bond acceptors (Lipinski definition) is 4. The summed E-state index contributed by atoms with van der Waals surface area (Å²) < 4.78 is 0. The summed E-state index contributed by atoms with van der Waals surface area (Å²) in [5.41, 5.74) is 1.91. The molecule has 1 saturated heterocycles. The van der Waals surface area contributed by atoms with Crippen molar-refractivity contribution in [3.8, 4) is 0 Å². The summed E-state index contributed by atoms with van der Waals surface area (Å²) in [5.74, 6) is -1.32.